The minimum absolute atomic E-state index is 0.310. The van der Waals surface area contributed by atoms with Gasteiger partial charge in [-0.25, -0.2) is 9.48 Å². The van der Waals surface area contributed by atoms with E-state index in [2.05, 4.69) is 53.5 Å². The van der Waals surface area contributed by atoms with Crippen molar-refractivity contribution in [2.75, 3.05) is 11.9 Å². The lowest BCUT2D eigenvalue weighted by Gasteiger charge is -2.29. The fourth-order valence-electron chi connectivity index (χ4n) is 3.81. The minimum atomic E-state index is -0.416. The standard InChI is InChI=1S/C25H28N4O3/c1-4-6-21-22(24(30)31-5-2)23(29-25(28-21)26-16-27-29)19-11-13-20(14-12-19)32-15-18-9-7-17(3)8-10-18/h7-14,16,23H,4-6,15H2,1-3H3,(H,26,27,28)/t23-/m0/s1. The molecule has 1 aliphatic heterocycles. The van der Waals surface area contributed by atoms with Crippen LogP contribution in [0.2, 0.25) is 0 Å². The van der Waals surface area contributed by atoms with E-state index in [4.69, 9.17) is 9.47 Å². The van der Waals surface area contributed by atoms with Crippen LogP contribution in [-0.4, -0.2) is 27.3 Å². The predicted octanol–water partition coefficient (Wildman–Crippen LogP) is 4.80. The first kappa shape index (κ1) is 21.6. The highest BCUT2D eigenvalue weighted by Gasteiger charge is 2.35. The van der Waals surface area contributed by atoms with Gasteiger partial charge in [0, 0.05) is 5.70 Å². The third-order valence-electron chi connectivity index (χ3n) is 5.40. The number of hydrogen-bond donors (Lipinski definition) is 1. The maximum atomic E-state index is 12.9. The number of rotatable bonds is 8. The second-order valence-electron chi connectivity index (χ2n) is 7.76. The van der Waals surface area contributed by atoms with Crippen LogP contribution in [0.1, 0.15) is 49.4 Å². The molecule has 166 valence electrons. The van der Waals surface area contributed by atoms with Gasteiger partial charge in [-0.2, -0.15) is 10.1 Å². The monoisotopic (exact) mass is 432 g/mol. The van der Waals surface area contributed by atoms with Crippen molar-refractivity contribution in [3.63, 3.8) is 0 Å². The Bertz CT molecular complexity index is 1100. The van der Waals surface area contributed by atoms with Gasteiger partial charge in [-0.15, -0.1) is 0 Å². The summed E-state index contributed by atoms with van der Waals surface area (Å²) in [7, 11) is 0. The smallest absolute Gasteiger partial charge is 0.338 e. The molecule has 32 heavy (non-hydrogen) atoms. The molecule has 1 aromatic heterocycles. The first-order chi connectivity index (χ1) is 15.6. The summed E-state index contributed by atoms with van der Waals surface area (Å²) in [6, 6.07) is 15.6. The molecule has 0 unspecified atom stereocenters. The van der Waals surface area contributed by atoms with Crippen LogP contribution in [0.5, 0.6) is 5.75 Å². The van der Waals surface area contributed by atoms with Gasteiger partial charge in [-0.05, 0) is 43.5 Å². The van der Waals surface area contributed by atoms with Crippen molar-refractivity contribution >= 4 is 11.9 Å². The largest absolute Gasteiger partial charge is 0.489 e. The molecule has 0 spiro atoms. The third kappa shape index (κ3) is 4.51. The lowest BCUT2D eigenvalue weighted by atomic mass is 9.94. The molecule has 7 heteroatoms. The molecular weight excluding hydrogens is 404 g/mol. The number of benzene rings is 2. The summed E-state index contributed by atoms with van der Waals surface area (Å²) >= 11 is 0. The molecule has 0 fully saturated rings. The van der Waals surface area contributed by atoms with Crippen LogP contribution in [0.3, 0.4) is 0 Å². The molecule has 2 heterocycles. The Hall–Kier alpha value is -3.61. The van der Waals surface area contributed by atoms with Crippen molar-refractivity contribution in [1.29, 1.82) is 0 Å². The topological polar surface area (TPSA) is 78.3 Å². The number of allylic oxidation sites excluding steroid dienone is 1. The summed E-state index contributed by atoms with van der Waals surface area (Å²) < 4.78 is 13.1. The number of carbonyl (C=O) groups excluding carboxylic acids is 1. The number of aryl methyl sites for hydroxylation is 1. The highest BCUT2D eigenvalue weighted by molar-refractivity contribution is 5.92. The zero-order valence-corrected chi connectivity index (χ0v) is 18.7. The number of ether oxygens (including phenoxy) is 2. The molecule has 4 rings (SSSR count). The van der Waals surface area contributed by atoms with Gasteiger partial charge in [0.05, 0.1) is 12.2 Å². The molecular formula is C25H28N4O3. The quantitative estimate of drug-likeness (QED) is 0.515. The van der Waals surface area contributed by atoms with Crippen molar-refractivity contribution in [3.05, 3.63) is 82.8 Å². The average Bonchev–Trinajstić information content (AvgIpc) is 3.27. The number of esters is 1. The van der Waals surface area contributed by atoms with E-state index in [1.54, 1.807) is 4.68 Å². The lowest BCUT2D eigenvalue weighted by Crippen LogP contribution is -2.30. The van der Waals surface area contributed by atoms with Gasteiger partial charge >= 0.3 is 5.97 Å². The molecule has 1 aliphatic rings. The molecule has 0 saturated heterocycles. The lowest BCUT2D eigenvalue weighted by molar-refractivity contribution is -0.139. The fraction of sp³-hybridized carbons (Fsp3) is 0.320. The van der Waals surface area contributed by atoms with Gasteiger partial charge in [-0.1, -0.05) is 55.3 Å². The van der Waals surface area contributed by atoms with Crippen LogP contribution >= 0.6 is 0 Å². The van der Waals surface area contributed by atoms with Crippen LogP contribution in [-0.2, 0) is 16.1 Å². The number of aromatic nitrogens is 3. The summed E-state index contributed by atoms with van der Waals surface area (Å²) in [4.78, 5) is 17.3. The highest BCUT2D eigenvalue weighted by Crippen LogP contribution is 2.37. The summed E-state index contributed by atoms with van der Waals surface area (Å²) in [6.07, 6.45) is 3.10. The van der Waals surface area contributed by atoms with Gasteiger partial charge in [0.1, 0.15) is 24.7 Å². The maximum absolute atomic E-state index is 12.9. The maximum Gasteiger partial charge on any atom is 0.338 e. The third-order valence-corrected chi connectivity index (χ3v) is 5.40. The molecule has 3 aromatic rings. The summed E-state index contributed by atoms with van der Waals surface area (Å²) in [5, 5.41) is 7.64. The van der Waals surface area contributed by atoms with E-state index in [1.165, 1.54) is 11.9 Å². The van der Waals surface area contributed by atoms with Gasteiger partial charge in [0.2, 0.25) is 5.95 Å². The van der Waals surface area contributed by atoms with E-state index in [0.29, 0.717) is 24.7 Å². The van der Waals surface area contributed by atoms with Gasteiger partial charge in [-0.3, -0.25) is 0 Å². The van der Waals surface area contributed by atoms with E-state index in [1.807, 2.05) is 31.2 Å². The Labute approximate surface area is 188 Å². The molecule has 0 radical (unpaired) electrons. The number of anilines is 1. The van der Waals surface area contributed by atoms with Gasteiger partial charge < -0.3 is 14.8 Å². The van der Waals surface area contributed by atoms with Crippen LogP contribution in [0.15, 0.2) is 66.1 Å². The van der Waals surface area contributed by atoms with E-state index >= 15 is 0 Å². The molecule has 0 bridgehead atoms. The first-order valence-electron chi connectivity index (χ1n) is 11.0. The van der Waals surface area contributed by atoms with Crippen LogP contribution in [0.25, 0.3) is 0 Å². The molecule has 1 atom stereocenters. The normalized spacial score (nSPS) is 15.2. The Morgan fingerprint density at radius 1 is 1.09 bits per heavy atom. The van der Waals surface area contributed by atoms with Crippen molar-refractivity contribution in [1.82, 2.24) is 14.8 Å². The molecule has 0 amide bonds. The molecule has 7 nitrogen and oxygen atoms in total. The van der Waals surface area contributed by atoms with Gasteiger partial charge in [0.25, 0.3) is 0 Å². The Balaban J connectivity index is 1.62. The second kappa shape index (κ2) is 9.68. The predicted molar refractivity (Wildman–Crippen MR) is 122 cm³/mol. The second-order valence-corrected chi connectivity index (χ2v) is 7.76. The molecule has 0 saturated carbocycles. The van der Waals surface area contributed by atoms with Crippen LogP contribution < -0.4 is 10.1 Å². The number of fused-ring (bicyclic) bond motifs is 1. The molecule has 1 N–H and O–H groups in total. The van der Waals surface area contributed by atoms with E-state index < -0.39 is 6.04 Å². The van der Waals surface area contributed by atoms with Crippen molar-refractivity contribution in [2.24, 2.45) is 0 Å². The van der Waals surface area contributed by atoms with Crippen molar-refractivity contribution in [2.45, 2.75) is 46.3 Å². The van der Waals surface area contributed by atoms with E-state index in [-0.39, 0.29) is 5.97 Å². The summed E-state index contributed by atoms with van der Waals surface area (Å²) in [6.45, 7) is 6.76. The fourth-order valence-corrected chi connectivity index (χ4v) is 3.81. The van der Waals surface area contributed by atoms with Crippen LogP contribution in [0.4, 0.5) is 5.95 Å². The number of nitrogens with one attached hydrogen (secondary N) is 1. The zero-order chi connectivity index (χ0) is 22.5. The van der Waals surface area contributed by atoms with Gasteiger partial charge in [0.15, 0.2) is 0 Å². The SMILES string of the molecule is CCCC1=C(C(=O)OCC)[C@H](c2ccc(OCc3ccc(C)cc3)cc2)n2ncnc2N1. The Morgan fingerprint density at radius 2 is 1.84 bits per heavy atom. The minimum Gasteiger partial charge on any atom is -0.489 e. The molecule has 2 aromatic carbocycles. The first-order valence-corrected chi connectivity index (χ1v) is 11.0. The van der Waals surface area contributed by atoms with Crippen molar-refractivity contribution < 1.29 is 14.3 Å². The van der Waals surface area contributed by atoms with Crippen LogP contribution in [0, 0.1) is 6.92 Å². The highest BCUT2D eigenvalue weighted by atomic mass is 16.5. The van der Waals surface area contributed by atoms with E-state index in [9.17, 15) is 4.79 Å². The van der Waals surface area contributed by atoms with E-state index in [0.717, 1.165) is 35.4 Å². The Kier molecular flexibility index (Phi) is 6.54. The average molecular weight is 433 g/mol. The zero-order valence-electron chi connectivity index (χ0n) is 18.7. The number of nitrogens with zero attached hydrogens (tertiary/aromatic N) is 3. The van der Waals surface area contributed by atoms with Crippen molar-refractivity contribution in [3.8, 4) is 5.75 Å². The number of carbonyl (C=O) groups is 1. The Morgan fingerprint density at radius 3 is 2.53 bits per heavy atom. The summed E-state index contributed by atoms with van der Waals surface area (Å²) in [5.41, 5.74) is 4.65. The molecule has 0 aliphatic carbocycles. The summed E-state index contributed by atoms with van der Waals surface area (Å²) in [5.74, 6) is 1.04. The number of hydrogen-bond acceptors (Lipinski definition) is 6.